The number of nitrogens with zero attached hydrogens (tertiary/aromatic N) is 1. The summed E-state index contributed by atoms with van der Waals surface area (Å²) in [6.07, 6.45) is 2.23. The van der Waals surface area contributed by atoms with Crippen LogP contribution in [0.1, 0.15) is 87.6 Å². The highest BCUT2D eigenvalue weighted by Gasteiger charge is 2.37. The molecule has 4 rings (SSSR count). The van der Waals surface area contributed by atoms with Gasteiger partial charge in [-0.3, -0.25) is 52.7 Å². The van der Waals surface area contributed by atoms with E-state index in [9.17, 15) is 78.0 Å². The smallest absolute Gasteiger partial charge is 0.326 e. The lowest BCUT2D eigenvalue weighted by atomic mass is 9.96. The van der Waals surface area contributed by atoms with Crippen LogP contribution in [0, 0.1) is 5.92 Å². The average Bonchev–Trinajstić information content (AvgIpc) is 1.48. The molecule has 3 aromatic carbocycles. The first-order valence-corrected chi connectivity index (χ1v) is 31.2. The van der Waals surface area contributed by atoms with Gasteiger partial charge in [0.25, 0.3) is 0 Å². The number of aromatic nitrogens is 2. The number of unbranched alkanes of at least 4 members (excludes halogenated alkanes) is 1. The van der Waals surface area contributed by atoms with E-state index >= 15 is 0 Å². The molecule has 0 bridgehead atoms. The van der Waals surface area contributed by atoms with E-state index in [2.05, 4.69) is 57.8 Å². The van der Waals surface area contributed by atoms with Gasteiger partial charge >= 0.3 is 11.9 Å². The molecule has 20 N–H and O–H groups in total. The third-order valence-corrected chi connectivity index (χ3v) is 15.3. The summed E-state index contributed by atoms with van der Waals surface area (Å²) < 4.78 is 0. The summed E-state index contributed by atoms with van der Waals surface area (Å²) >= 11 is 1.33. The number of hydrogen-bond acceptors (Lipinski definition) is 18. The standard InChI is InChI=1S/C61H84N14O16S/c1-4-34(2)52(75-59(88)47(30-49(64)78)73-56(85)44(67-50(79)31-63)26-35-10-6-5-7-11-35)60(89)70-41(12-8-9-24-62)53(82)68-42(21-22-51(80)81)54(83)71-46(28-37-15-19-40(77)20-16-37)58(87)72-45(27-36-13-17-39(76)18-14-36)57(86)69-43(23-25-92-3)55(84)74-48(61(90)91)29-38-32-65-33-66-38/h5-7,10-11,13-20,32-34,41-48,52,76-77H,4,8-9,12,21-31,62-63H2,1-3H3,(H2,64,78)(H,65,66)(H,67,79)(H,68,82)(H,69,86)(H,70,89)(H,71,83)(H,72,87)(H,73,85)(H,74,84)(H,75,88)(H,80,81)(H,90,91)/t34-,41-,42-,43-,44-,45-,46-,47-,48-,52-/m0/s1. The average molecular weight is 1300 g/mol. The molecule has 0 aliphatic heterocycles. The maximum Gasteiger partial charge on any atom is 0.326 e. The number of phenolic OH excluding ortho intramolecular Hbond substituents is 2. The Morgan fingerprint density at radius 1 is 0.533 bits per heavy atom. The summed E-state index contributed by atoms with van der Waals surface area (Å²) in [6, 6.07) is 5.89. The van der Waals surface area contributed by atoms with Gasteiger partial charge in [-0.1, -0.05) is 74.9 Å². The van der Waals surface area contributed by atoms with Gasteiger partial charge in [0, 0.05) is 44.0 Å². The molecule has 0 aliphatic rings. The lowest BCUT2D eigenvalue weighted by molar-refractivity contribution is -0.142. The number of nitrogens with one attached hydrogen (secondary N) is 10. The molecule has 0 saturated heterocycles. The molecule has 0 saturated carbocycles. The maximum absolute atomic E-state index is 14.8. The number of amides is 10. The van der Waals surface area contributed by atoms with Crippen molar-refractivity contribution in [3.63, 3.8) is 0 Å². The molecular formula is C61H84N14O16S. The summed E-state index contributed by atoms with van der Waals surface area (Å²) in [5, 5.41) is 63.0. The van der Waals surface area contributed by atoms with Gasteiger partial charge in [0.15, 0.2) is 0 Å². The lowest BCUT2D eigenvalue weighted by Gasteiger charge is -2.29. The number of rotatable bonds is 41. The van der Waals surface area contributed by atoms with Gasteiger partial charge in [0.05, 0.1) is 19.3 Å². The summed E-state index contributed by atoms with van der Waals surface area (Å²) in [7, 11) is 0. The molecule has 1 aromatic heterocycles. The quantitative estimate of drug-likeness (QED) is 0.0217. The number of primary amides is 1. The minimum atomic E-state index is -1.75. The third-order valence-electron chi connectivity index (χ3n) is 14.7. The minimum absolute atomic E-state index is 0.00113. The maximum atomic E-state index is 14.8. The number of nitrogens with two attached hydrogens (primary N) is 3. The molecule has 1 heterocycles. The van der Waals surface area contributed by atoms with Crippen molar-refractivity contribution in [1.82, 2.24) is 57.8 Å². The van der Waals surface area contributed by atoms with Crippen molar-refractivity contribution < 1.29 is 78.0 Å². The Labute approximate surface area is 535 Å². The van der Waals surface area contributed by atoms with E-state index in [1.54, 1.807) is 50.4 Å². The molecule has 0 fully saturated rings. The number of imidazole rings is 1. The molecule has 0 radical (unpaired) electrons. The number of aromatic hydroxyl groups is 2. The fourth-order valence-corrected chi connectivity index (χ4v) is 9.82. The zero-order valence-corrected chi connectivity index (χ0v) is 52.1. The van der Waals surface area contributed by atoms with Crippen molar-refractivity contribution >= 4 is 82.8 Å². The zero-order valence-electron chi connectivity index (χ0n) is 51.3. The van der Waals surface area contributed by atoms with Gasteiger partial charge in [-0.2, -0.15) is 11.8 Å². The molecule has 10 atom stereocenters. The van der Waals surface area contributed by atoms with E-state index in [1.807, 2.05) is 0 Å². The van der Waals surface area contributed by atoms with Crippen molar-refractivity contribution in [1.29, 1.82) is 0 Å². The highest BCUT2D eigenvalue weighted by molar-refractivity contribution is 7.98. The molecule has 31 heteroatoms. The highest BCUT2D eigenvalue weighted by atomic mass is 32.2. The van der Waals surface area contributed by atoms with Crippen LogP contribution in [0.3, 0.4) is 0 Å². The number of carboxylic acid groups (broad SMARTS) is 2. The van der Waals surface area contributed by atoms with Crippen molar-refractivity contribution in [2.24, 2.45) is 23.1 Å². The second-order valence-electron chi connectivity index (χ2n) is 21.8. The largest absolute Gasteiger partial charge is 0.508 e. The molecule has 92 heavy (non-hydrogen) atoms. The van der Waals surface area contributed by atoms with Crippen LogP contribution in [0.2, 0.25) is 0 Å². The van der Waals surface area contributed by atoms with Gasteiger partial charge in [-0.05, 0) is 97.5 Å². The Bertz CT molecular complexity index is 3110. The van der Waals surface area contributed by atoms with E-state index in [0.717, 1.165) is 0 Å². The molecule has 10 amide bonds. The van der Waals surface area contributed by atoms with Crippen molar-refractivity contribution in [2.45, 2.75) is 145 Å². The van der Waals surface area contributed by atoms with E-state index in [1.165, 1.54) is 72.8 Å². The molecule has 4 aromatic rings. The summed E-state index contributed by atoms with van der Waals surface area (Å²) in [5.41, 5.74) is 18.6. The highest BCUT2D eigenvalue weighted by Crippen LogP contribution is 2.17. The first kappa shape index (κ1) is 74.8. The van der Waals surface area contributed by atoms with Crippen LogP contribution in [0.25, 0.3) is 0 Å². The van der Waals surface area contributed by atoms with Gasteiger partial charge in [-0.15, -0.1) is 0 Å². The van der Waals surface area contributed by atoms with Crippen LogP contribution in [-0.2, 0) is 83.2 Å². The second kappa shape index (κ2) is 38.8. The van der Waals surface area contributed by atoms with Gasteiger partial charge < -0.3 is 90.5 Å². The topological polar surface area (TPSA) is 501 Å². The Morgan fingerprint density at radius 3 is 1.43 bits per heavy atom. The first-order valence-electron chi connectivity index (χ1n) is 29.8. The predicted octanol–water partition coefficient (Wildman–Crippen LogP) is -1.83. The second-order valence-corrected chi connectivity index (χ2v) is 22.8. The fourth-order valence-electron chi connectivity index (χ4n) is 9.35. The van der Waals surface area contributed by atoms with E-state index in [0.29, 0.717) is 34.6 Å². The van der Waals surface area contributed by atoms with Gasteiger partial charge in [-0.25, -0.2) is 9.78 Å². The van der Waals surface area contributed by atoms with E-state index in [-0.39, 0.29) is 69.4 Å². The molecule has 0 spiro atoms. The van der Waals surface area contributed by atoms with Gasteiger partial charge in [0.1, 0.15) is 65.9 Å². The molecule has 0 aliphatic carbocycles. The number of thioether (sulfide) groups is 1. The number of aromatic amines is 1. The first-order chi connectivity index (χ1) is 43.8. The molecule has 0 unspecified atom stereocenters. The van der Waals surface area contributed by atoms with Crippen LogP contribution in [0.5, 0.6) is 11.5 Å². The number of benzene rings is 3. The minimum Gasteiger partial charge on any atom is -0.508 e. The Balaban J connectivity index is 1.66. The van der Waals surface area contributed by atoms with Crippen LogP contribution >= 0.6 is 11.8 Å². The number of carbonyl (C=O) groups excluding carboxylic acids is 10. The molecule has 30 nitrogen and oxygen atoms in total. The Hall–Kier alpha value is -9.62. The molecular weight excluding hydrogens is 1220 g/mol. The third kappa shape index (κ3) is 26.1. The predicted molar refractivity (Wildman–Crippen MR) is 336 cm³/mol. The number of H-pyrrole nitrogens is 1. The number of hydrogen-bond donors (Lipinski definition) is 17. The molecule has 500 valence electrons. The van der Waals surface area contributed by atoms with Crippen LogP contribution in [0.15, 0.2) is 91.4 Å². The summed E-state index contributed by atoms with van der Waals surface area (Å²) in [6.45, 7) is 2.97. The van der Waals surface area contributed by atoms with Crippen LogP contribution in [-0.4, -0.2) is 181 Å². The zero-order chi connectivity index (χ0) is 67.9. The number of phenols is 2. The number of carboxylic acids is 2. The number of carbonyl (C=O) groups is 12. The normalized spacial score (nSPS) is 14.3. The van der Waals surface area contributed by atoms with Crippen molar-refractivity contribution in [3.05, 3.63) is 114 Å². The van der Waals surface area contributed by atoms with Crippen LogP contribution < -0.4 is 65.1 Å². The lowest BCUT2D eigenvalue weighted by Crippen LogP contribution is -2.61. The van der Waals surface area contributed by atoms with Gasteiger partial charge in [0.2, 0.25) is 59.1 Å². The van der Waals surface area contributed by atoms with Crippen molar-refractivity contribution in [3.8, 4) is 11.5 Å². The fraction of sp³-hybridized carbons (Fsp3) is 0.459. The van der Waals surface area contributed by atoms with E-state index in [4.69, 9.17) is 17.2 Å². The number of aliphatic carboxylic acids is 2. The summed E-state index contributed by atoms with van der Waals surface area (Å²) in [5.74, 6) is -13.0. The van der Waals surface area contributed by atoms with E-state index < -0.39 is 157 Å². The summed E-state index contributed by atoms with van der Waals surface area (Å²) in [4.78, 5) is 171. The van der Waals surface area contributed by atoms with Crippen molar-refractivity contribution in [2.75, 3.05) is 25.1 Å². The SMILES string of the molecule is CC[C@H](C)[C@H](NC(=O)[C@H](CC(N)=O)NC(=O)[C@H](Cc1ccccc1)NC(=O)CN)C(=O)N[C@@H](CCCCN)C(=O)N[C@@H](CCC(=O)O)C(=O)N[C@@H](Cc1ccc(O)cc1)C(=O)N[C@@H](Cc1ccc(O)cc1)C(=O)N[C@@H](CCSC)C(=O)N[C@@H](Cc1cnc[nH]1)C(=O)O. The Kier molecular flexibility index (Phi) is 31.6. The van der Waals surface area contributed by atoms with Crippen LogP contribution in [0.4, 0.5) is 0 Å². The Morgan fingerprint density at radius 2 is 0.978 bits per heavy atom. The monoisotopic (exact) mass is 1300 g/mol.